The van der Waals surface area contributed by atoms with E-state index in [1.165, 1.54) is 6.07 Å². The number of anilines is 4. The summed E-state index contributed by atoms with van der Waals surface area (Å²) < 4.78 is 27.0. The molecule has 176 valence electrons. The highest BCUT2D eigenvalue weighted by molar-refractivity contribution is 5.99. The van der Waals surface area contributed by atoms with E-state index >= 15 is 0 Å². The first-order valence-corrected chi connectivity index (χ1v) is 10.5. The minimum Gasteiger partial charge on any atom is -0.324 e. The van der Waals surface area contributed by atoms with Crippen molar-refractivity contribution in [3.63, 3.8) is 0 Å². The quantitative estimate of drug-likeness (QED) is 0.245. The zero-order valence-electron chi connectivity index (χ0n) is 18.9. The zero-order valence-corrected chi connectivity index (χ0v) is 18.9. The highest BCUT2D eigenvalue weighted by Gasteiger charge is 2.08. The molecule has 35 heavy (non-hydrogen) atoms. The van der Waals surface area contributed by atoms with Crippen molar-refractivity contribution in [3.8, 4) is 0 Å². The van der Waals surface area contributed by atoms with Crippen molar-refractivity contribution >= 4 is 34.7 Å². The van der Waals surface area contributed by atoms with Gasteiger partial charge in [-0.3, -0.25) is 20.8 Å². The Hall–Kier alpha value is -4.80. The predicted octanol–water partition coefficient (Wildman–Crippen LogP) is 4.96. The highest BCUT2D eigenvalue weighted by atomic mass is 19.2. The number of hydrogen-bond acceptors (Lipinski definition) is 9. The average molecular weight is 473 g/mol. The van der Waals surface area contributed by atoms with Gasteiger partial charge in [0.25, 0.3) is 0 Å². The predicted molar refractivity (Wildman–Crippen MR) is 132 cm³/mol. The summed E-state index contributed by atoms with van der Waals surface area (Å²) in [6.45, 7) is 3.68. The van der Waals surface area contributed by atoms with Gasteiger partial charge in [0.05, 0.1) is 11.4 Å². The summed E-state index contributed by atoms with van der Waals surface area (Å²) in [5, 5.41) is 11.6. The molecule has 0 aliphatic carbocycles. The number of aromatic nitrogens is 4. The number of rotatable bonds is 8. The molecule has 0 fully saturated rings. The molecular formula is C24H21F2N9. The van der Waals surface area contributed by atoms with Gasteiger partial charge in [0.1, 0.15) is 0 Å². The Bertz CT molecular complexity index is 1280. The lowest BCUT2D eigenvalue weighted by molar-refractivity contribution is 0.509. The zero-order chi connectivity index (χ0) is 24.6. The second kappa shape index (κ2) is 10.9. The first-order chi connectivity index (χ1) is 17.0. The minimum absolute atomic E-state index is 0.122. The van der Waals surface area contributed by atoms with E-state index in [1.807, 2.05) is 38.1 Å². The molecule has 0 spiro atoms. The van der Waals surface area contributed by atoms with Crippen molar-refractivity contribution in [1.29, 1.82) is 0 Å². The number of halogens is 2. The highest BCUT2D eigenvalue weighted by Crippen LogP contribution is 2.20. The van der Waals surface area contributed by atoms with E-state index in [1.54, 1.807) is 30.9 Å². The van der Waals surface area contributed by atoms with E-state index in [2.05, 4.69) is 46.3 Å². The molecule has 0 bridgehead atoms. The fourth-order valence-electron chi connectivity index (χ4n) is 2.92. The van der Waals surface area contributed by atoms with Gasteiger partial charge in [-0.15, -0.1) is 0 Å². The van der Waals surface area contributed by atoms with E-state index in [-0.39, 0.29) is 11.6 Å². The summed E-state index contributed by atoms with van der Waals surface area (Å²) in [4.78, 5) is 16.7. The number of nitrogens with zero attached hydrogens (tertiary/aromatic N) is 6. The number of nitrogens with one attached hydrogen (secondary N) is 3. The third-order valence-corrected chi connectivity index (χ3v) is 4.77. The molecule has 3 aromatic heterocycles. The average Bonchev–Trinajstić information content (AvgIpc) is 2.89. The molecule has 3 heterocycles. The van der Waals surface area contributed by atoms with Crippen molar-refractivity contribution in [2.45, 2.75) is 13.8 Å². The molecule has 4 rings (SSSR count). The van der Waals surface area contributed by atoms with E-state index < -0.39 is 11.6 Å². The van der Waals surface area contributed by atoms with Crippen LogP contribution in [0.4, 0.5) is 32.1 Å². The van der Waals surface area contributed by atoms with Gasteiger partial charge in [-0.1, -0.05) is 0 Å². The standard InChI is InChI=1S/C24H21F2N9/c1-15(17-5-9-27-10-6-17)32-34-22-14-23(35-33-16(2)18-7-11-28-12-8-18)31-24(30-22)29-19-3-4-20(25)21(26)13-19/h3-14H,1-2H3,(H3,29,30,31,34,35). The van der Waals surface area contributed by atoms with Crippen LogP contribution in [0.15, 0.2) is 83.5 Å². The smallest absolute Gasteiger partial charge is 0.231 e. The lowest BCUT2D eigenvalue weighted by atomic mass is 10.2. The topological polar surface area (TPSA) is 112 Å². The van der Waals surface area contributed by atoms with Gasteiger partial charge in [-0.25, -0.2) is 8.78 Å². The summed E-state index contributed by atoms with van der Waals surface area (Å²) in [5.41, 5.74) is 9.26. The van der Waals surface area contributed by atoms with Gasteiger partial charge in [0.2, 0.25) is 5.95 Å². The fraction of sp³-hybridized carbons (Fsp3) is 0.0833. The molecule has 4 aromatic rings. The van der Waals surface area contributed by atoms with Crippen LogP contribution in [0.5, 0.6) is 0 Å². The van der Waals surface area contributed by atoms with Crippen LogP contribution in [0.25, 0.3) is 0 Å². The van der Waals surface area contributed by atoms with E-state index in [0.29, 0.717) is 23.1 Å². The second-order valence-electron chi connectivity index (χ2n) is 7.31. The molecule has 0 aliphatic heterocycles. The van der Waals surface area contributed by atoms with Gasteiger partial charge in [-0.2, -0.15) is 20.2 Å². The maximum Gasteiger partial charge on any atom is 0.231 e. The normalized spacial score (nSPS) is 11.8. The molecule has 0 atom stereocenters. The molecule has 1 aromatic carbocycles. The minimum atomic E-state index is -0.988. The first kappa shape index (κ1) is 23.4. The molecule has 0 saturated heterocycles. The Kier molecular flexibility index (Phi) is 7.26. The third kappa shape index (κ3) is 6.38. The van der Waals surface area contributed by atoms with Crippen LogP contribution >= 0.6 is 0 Å². The molecule has 0 unspecified atom stereocenters. The Morgan fingerprint density at radius 1 is 0.686 bits per heavy atom. The Morgan fingerprint density at radius 2 is 1.20 bits per heavy atom. The van der Waals surface area contributed by atoms with Crippen LogP contribution in [0.3, 0.4) is 0 Å². The van der Waals surface area contributed by atoms with E-state index in [4.69, 9.17) is 0 Å². The second-order valence-corrected chi connectivity index (χ2v) is 7.31. The molecule has 3 N–H and O–H groups in total. The molecule has 0 saturated carbocycles. The third-order valence-electron chi connectivity index (χ3n) is 4.77. The first-order valence-electron chi connectivity index (χ1n) is 10.5. The van der Waals surface area contributed by atoms with Gasteiger partial charge >= 0.3 is 0 Å². The molecule has 9 nitrogen and oxygen atoms in total. The largest absolute Gasteiger partial charge is 0.324 e. The Morgan fingerprint density at radius 3 is 1.69 bits per heavy atom. The van der Waals surface area contributed by atoms with Crippen LogP contribution in [-0.4, -0.2) is 31.4 Å². The summed E-state index contributed by atoms with van der Waals surface area (Å²) in [6, 6.07) is 12.4. The molecule has 0 radical (unpaired) electrons. The van der Waals surface area contributed by atoms with Crippen LogP contribution in [0.2, 0.25) is 0 Å². The lowest BCUT2D eigenvalue weighted by Gasteiger charge is -2.10. The van der Waals surface area contributed by atoms with Crippen molar-refractivity contribution in [2.75, 3.05) is 16.2 Å². The molecular weight excluding hydrogens is 452 g/mol. The summed E-state index contributed by atoms with van der Waals surface area (Å²) in [5.74, 6) is -1.12. The van der Waals surface area contributed by atoms with Crippen molar-refractivity contribution in [1.82, 2.24) is 19.9 Å². The number of hydrazone groups is 2. The summed E-state index contributed by atoms with van der Waals surface area (Å²) in [6.07, 6.45) is 6.70. The lowest BCUT2D eigenvalue weighted by Crippen LogP contribution is -2.07. The van der Waals surface area contributed by atoms with Crippen LogP contribution in [-0.2, 0) is 0 Å². The number of pyridine rings is 2. The van der Waals surface area contributed by atoms with Crippen LogP contribution < -0.4 is 16.2 Å². The fourth-order valence-corrected chi connectivity index (χ4v) is 2.92. The number of benzene rings is 1. The van der Waals surface area contributed by atoms with E-state index in [9.17, 15) is 8.78 Å². The van der Waals surface area contributed by atoms with Crippen molar-refractivity contribution < 1.29 is 8.78 Å². The summed E-state index contributed by atoms with van der Waals surface area (Å²) >= 11 is 0. The Labute approximate surface area is 200 Å². The maximum atomic E-state index is 13.7. The van der Waals surface area contributed by atoms with E-state index in [0.717, 1.165) is 23.3 Å². The summed E-state index contributed by atoms with van der Waals surface area (Å²) in [7, 11) is 0. The Balaban J connectivity index is 1.61. The van der Waals surface area contributed by atoms with Crippen molar-refractivity contribution in [2.24, 2.45) is 10.2 Å². The van der Waals surface area contributed by atoms with Gasteiger partial charge < -0.3 is 5.32 Å². The molecule has 0 aliphatic rings. The van der Waals surface area contributed by atoms with Gasteiger partial charge in [0.15, 0.2) is 23.3 Å². The SMILES string of the molecule is CC(=NNc1cc(NN=C(C)c2ccncc2)nc(Nc2ccc(F)c(F)c2)n1)c1ccncc1. The van der Waals surface area contributed by atoms with Gasteiger partial charge in [-0.05, 0) is 50.2 Å². The molecule has 0 amide bonds. The maximum absolute atomic E-state index is 13.7. The monoisotopic (exact) mass is 473 g/mol. The van der Waals surface area contributed by atoms with Crippen LogP contribution in [0.1, 0.15) is 25.0 Å². The van der Waals surface area contributed by atoms with Gasteiger partial charge in [0, 0.05) is 53.7 Å². The molecule has 11 heteroatoms. The number of hydrogen-bond donors (Lipinski definition) is 3. The van der Waals surface area contributed by atoms with Crippen molar-refractivity contribution in [3.05, 3.63) is 96.1 Å². The van der Waals surface area contributed by atoms with Crippen LogP contribution in [0, 0.1) is 11.6 Å².